The molecule has 0 aromatic rings. The Balaban J connectivity index is 6.05. The van der Waals surface area contributed by atoms with E-state index in [1.807, 2.05) is 0 Å². The van der Waals surface area contributed by atoms with Crippen LogP contribution in [0, 0.1) is 0 Å². The summed E-state index contributed by atoms with van der Waals surface area (Å²) in [5, 5.41) is 0. The zero-order valence-electron chi connectivity index (χ0n) is 2.34. The SMILES string of the molecule is [O]=[Zn](=[O])(=[O])=[O]. The Kier molecular flexibility index (Phi) is 0.867. The second kappa shape index (κ2) is 0.899. The Labute approximate surface area is 29.7 Å². The summed E-state index contributed by atoms with van der Waals surface area (Å²) in [5.41, 5.74) is 0. The molecule has 0 fully saturated rings. The molecule has 0 N–H and O–H groups in total. The van der Waals surface area contributed by atoms with Crippen LogP contribution in [0.2, 0.25) is 0 Å². The van der Waals surface area contributed by atoms with E-state index >= 15 is 0 Å². The first kappa shape index (κ1) is 4.82. The topological polar surface area (TPSA) is 68.3 Å². The fraction of sp³-hybridized carbons (Fsp3) is 0. The normalized spacial score (nSPS) is 14.4. The Morgan fingerprint density at radius 1 is 0.800 bits per heavy atom. The first-order chi connectivity index (χ1) is 2.00. The fourth-order valence-corrected chi connectivity index (χ4v) is 0. The van der Waals surface area contributed by atoms with Gasteiger partial charge in [0.25, 0.3) is 0 Å². The van der Waals surface area contributed by atoms with Crippen LogP contribution in [0.15, 0.2) is 0 Å². The van der Waals surface area contributed by atoms with Gasteiger partial charge in [-0.15, -0.1) is 0 Å². The van der Waals surface area contributed by atoms with E-state index in [1.165, 1.54) is 0 Å². The Bertz CT molecular complexity index is 155. The molecule has 0 unspecified atom stereocenters. The molecule has 0 rings (SSSR count). The van der Waals surface area contributed by atoms with Crippen molar-refractivity contribution < 1.29 is 28.9 Å². The molecule has 5 heteroatoms. The van der Waals surface area contributed by atoms with Crippen molar-refractivity contribution in [3.63, 3.8) is 0 Å². The maximum absolute atomic E-state index is 8.66. The van der Waals surface area contributed by atoms with E-state index in [1.54, 1.807) is 0 Å². The van der Waals surface area contributed by atoms with Crippen LogP contribution in [0.4, 0.5) is 0 Å². The van der Waals surface area contributed by atoms with E-state index in [-0.39, 0.29) is 0 Å². The van der Waals surface area contributed by atoms with Gasteiger partial charge in [0.15, 0.2) is 0 Å². The van der Waals surface area contributed by atoms with Gasteiger partial charge in [0.1, 0.15) is 0 Å². The summed E-state index contributed by atoms with van der Waals surface area (Å²) in [7, 11) is 0. The monoisotopic (exact) mass is 128 g/mol. The molecule has 0 spiro atoms. The minimum absolute atomic E-state index is 6.25. The van der Waals surface area contributed by atoms with Crippen molar-refractivity contribution >= 4 is 0 Å². The molecule has 4 nitrogen and oxygen atoms in total. The molecule has 0 saturated carbocycles. The summed E-state index contributed by atoms with van der Waals surface area (Å²) in [5.74, 6) is 0. The van der Waals surface area contributed by atoms with Crippen molar-refractivity contribution in [1.82, 2.24) is 0 Å². The molecule has 0 radical (unpaired) electrons. The summed E-state index contributed by atoms with van der Waals surface area (Å²) in [6.07, 6.45) is 0. The second-order valence-electron chi connectivity index (χ2n) is 0.707. The van der Waals surface area contributed by atoms with Crippen LogP contribution in [-0.2, 0) is 28.9 Å². The maximum atomic E-state index is 8.66. The number of hydrogen-bond acceptors (Lipinski definition) is 4. The molecule has 26 valence electrons. The predicted octanol–water partition coefficient (Wildman–Crippen LogP) is -0.478. The van der Waals surface area contributed by atoms with Crippen LogP contribution in [0.5, 0.6) is 0 Å². The van der Waals surface area contributed by atoms with Crippen molar-refractivity contribution in [2.24, 2.45) is 0 Å². The second-order valence-corrected chi connectivity index (χ2v) is 3.67. The van der Waals surface area contributed by atoms with E-state index in [2.05, 4.69) is 0 Å². The third-order valence-electron chi connectivity index (χ3n) is 0. The van der Waals surface area contributed by atoms with E-state index in [0.29, 0.717) is 0 Å². The van der Waals surface area contributed by atoms with Gasteiger partial charge in [-0.25, -0.2) is 0 Å². The predicted molar refractivity (Wildman–Crippen MR) is 2.75 cm³/mol. The van der Waals surface area contributed by atoms with Crippen molar-refractivity contribution in [3.05, 3.63) is 0 Å². The number of rotatable bonds is 0. The van der Waals surface area contributed by atoms with Gasteiger partial charge >= 0.3 is 28.9 Å². The molecule has 0 aliphatic carbocycles. The first-order valence-corrected chi connectivity index (χ1v) is 6.00. The van der Waals surface area contributed by atoms with Gasteiger partial charge in [0, 0.05) is 0 Å². The van der Waals surface area contributed by atoms with Gasteiger partial charge in [-0.2, -0.15) is 0 Å². The average Bonchev–Trinajstić information content (AvgIpc) is 0.722. The third kappa shape index (κ3) is 407. The average molecular weight is 129 g/mol. The molecule has 5 heavy (non-hydrogen) atoms. The van der Waals surface area contributed by atoms with E-state index < -0.39 is 14.6 Å². The minimum atomic E-state index is -6.25. The summed E-state index contributed by atoms with van der Waals surface area (Å²) in [4.78, 5) is 0. The van der Waals surface area contributed by atoms with E-state index in [0.717, 1.165) is 0 Å². The van der Waals surface area contributed by atoms with Gasteiger partial charge in [0.05, 0.1) is 0 Å². The van der Waals surface area contributed by atoms with Crippen molar-refractivity contribution in [3.8, 4) is 0 Å². The van der Waals surface area contributed by atoms with Gasteiger partial charge in [0.2, 0.25) is 0 Å². The molecule has 0 heterocycles. The van der Waals surface area contributed by atoms with Gasteiger partial charge in [-0.3, -0.25) is 0 Å². The Morgan fingerprint density at radius 2 is 0.800 bits per heavy atom. The van der Waals surface area contributed by atoms with Crippen molar-refractivity contribution in [1.29, 1.82) is 0 Å². The zero-order chi connectivity index (χ0) is 4.50. The molecule has 0 atom stereocenters. The zero-order valence-corrected chi connectivity index (χ0v) is 5.31. The molecule has 0 aromatic heterocycles. The van der Waals surface area contributed by atoms with Gasteiger partial charge < -0.3 is 0 Å². The molecule has 0 amide bonds. The van der Waals surface area contributed by atoms with Gasteiger partial charge in [-0.05, 0) is 0 Å². The molecule has 0 aromatic carbocycles. The molecule has 0 saturated heterocycles. The van der Waals surface area contributed by atoms with Crippen LogP contribution in [0.3, 0.4) is 0 Å². The summed E-state index contributed by atoms with van der Waals surface area (Å²) < 4.78 is 34.6. The summed E-state index contributed by atoms with van der Waals surface area (Å²) >= 11 is -6.25. The van der Waals surface area contributed by atoms with Crippen LogP contribution in [-0.4, -0.2) is 0 Å². The van der Waals surface area contributed by atoms with Crippen molar-refractivity contribution in [2.45, 2.75) is 0 Å². The number of hydrogen-bond donors (Lipinski definition) is 0. The van der Waals surface area contributed by atoms with Gasteiger partial charge in [-0.1, -0.05) is 0 Å². The summed E-state index contributed by atoms with van der Waals surface area (Å²) in [6.45, 7) is 0. The van der Waals surface area contributed by atoms with Crippen LogP contribution >= 0.6 is 0 Å². The Morgan fingerprint density at radius 3 is 0.800 bits per heavy atom. The van der Waals surface area contributed by atoms with E-state index in [9.17, 15) is 0 Å². The molecular formula is O4Zn. The fourth-order valence-electron chi connectivity index (χ4n) is 0. The molecule has 0 aliphatic heterocycles. The first-order valence-electron chi connectivity index (χ1n) is 1.15. The van der Waals surface area contributed by atoms with Crippen molar-refractivity contribution in [2.75, 3.05) is 0 Å². The molecule has 0 bridgehead atoms. The molecular weight excluding hydrogens is 129 g/mol. The quantitative estimate of drug-likeness (QED) is 0.414. The summed E-state index contributed by atoms with van der Waals surface area (Å²) in [6, 6.07) is 0. The van der Waals surface area contributed by atoms with Crippen LogP contribution in [0.1, 0.15) is 0 Å². The van der Waals surface area contributed by atoms with E-state index in [4.69, 9.17) is 14.3 Å². The van der Waals surface area contributed by atoms with Crippen LogP contribution < -0.4 is 0 Å². The van der Waals surface area contributed by atoms with Crippen LogP contribution in [0.25, 0.3) is 0 Å². The molecule has 0 aliphatic rings. The standard InChI is InChI=1S/4O.Zn. The third-order valence-corrected chi connectivity index (χ3v) is 0. The Hall–Kier alpha value is -0.177.